The number of amides is 1. The van der Waals surface area contributed by atoms with E-state index in [0.29, 0.717) is 17.7 Å². The van der Waals surface area contributed by atoms with Crippen LogP contribution in [0.15, 0.2) is 24.3 Å². The second kappa shape index (κ2) is 5.68. The number of hydrogen-bond donors (Lipinski definition) is 0. The van der Waals surface area contributed by atoms with Crippen molar-refractivity contribution < 1.29 is 4.79 Å². The highest BCUT2D eigenvalue weighted by Crippen LogP contribution is 2.23. The SMILES string of the molecule is CN(C(=O)CCC(C)(C)C)c1ccccc1C#N. The molecule has 0 heterocycles. The van der Waals surface area contributed by atoms with E-state index in [1.165, 1.54) is 0 Å². The molecule has 1 amide bonds. The largest absolute Gasteiger partial charge is 0.314 e. The molecular weight excluding hydrogens is 224 g/mol. The molecule has 3 nitrogen and oxygen atoms in total. The third-order valence-corrected chi connectivity index (χ3v) is 2.85. The van der Waals surface area contributed by atoms with Gasteiger partial charge in [0.05, 0.1) is 11.3 Å². The Morgan fingerprint density at radius 3 is 2.50 bits per heavy atom. The third-order valence-electron chi connectivity index (χ3n) is 2.85. The average molecular weight is 244 g/mol. The average Bonchev–Trinajstić information content (AvgIpc) is 2.34. The van der Waals surface area contributed by atoms with Crippen molar-refractivity contribution in [2.45, 2.75) is 33.6 Å². The lowest BCUT2D eigenvalue weighted by Crippen LogP contribution is -2.27. The van der Waals surface area contributed by atoms with E-state index < -0.39 is 0 Å². The van der Waals surface area contributed by atoms with Crippen LogP contribution in [0.5, 0.6) is 0 Å². The number of anilines is 1. The number of para-hydroxylation sites is 1. The van der Waals surface area contributed by atoms with Crippen molar-refractivity contribution >= 4 is 11.6 Å². The molecule has 0 aliphatic carbocycles. The van der Waals surface area contributed by atoms with Gasteiger partial charge >= 0.3 is 0 Å². The van der Waals surface area contributed by atoms with Crippen LogP contribution in [-0.4, -0.2) is 13.0 Å². The lowest BCUT2D eigenvalue weighted by Gasteiger charge is -2.22. The zero-order valence-electron chi connectivity index (χ0n) is 11.5. The predicted octanol–water partition coefficient (Wildman–Crippen LogP) is 3.35. The molecule has 3 heteroatoms. The summed E-state index contributed by atoms with van der Waals surface area (Å²) in [4.78, 5) is 13.6. The van der Waals surface area contributed by atoms with Crippen LogP contribution in [0.3, 0.4) is 0 Å². The molecule has 0 aliphatic rings. The molecule has 0 saturated carbocycles. The van der Waals surface area contributed by atoms with Gasteiger partial charge in [0.2, 0.25) is 5.91 Å². The van der Waals surface area contributed by atoms with Gasteiger partial charge < -0.3 is 4.90 Å². The molecule has 0 aromatic heterocycles. The number of hydrogen-bond acceptors (Lipinski definition) is 2. The molecule has 0 fully saturated rings. The second-order valence-corrected chi connectivity index (χ2v) is 5.64. The Morgan fingerprint density at radius 1 is 1.33 bits per heavy atom. The molecule has 0 radical (unpaired) electrons. The van der Waals surface area contributed by atoms with Gasteiger partial charge in [0.15, 0.2) is 0 Å². The standard InChI is InChI=1S/C15H20N2O/c1-15(2,3)10-9-14(18)17(4)13-8-6-5-7-12(13)11-16/h5-8H,9-10H2,1-4H3. The van der Waals surface area contributed by atoms with E-state index in [0.717, 1.165) is 6.42 Å². The van der Waals surface area contributed by atoms with Crippen molar-refractivity contribution in [2.24, 2.45) is 5.41 Å². The minimum absolute atomic E-state index is 0.0487. The van der Waals surface area contributed by atoms with Crippen molar-refractivity contribution in [3.05, 3.63) is 29.8 Å². The van der Waals surface area contributed by atoms with Crippen LogP contribution < -0.4 is 4.90 Å². The molecule has 1 aromatic carbocycles. The quantitative estimate of drug-likeness (QED) is 0.818. The molecule has 0 spiro atoms. The minimum atomic E-state index is 0.0487. The van der Waals surface area contributed by atoms with E-state index >= 15 is 0 Å². The Morgan fingerprint density at radius 2 is 1.94 bits per heavy atom. The first kappa shape index (κ1) is 14.2. The van der Waals surface area contributed by atoms with E-state index in [-0.39, 0.29) is 11.3 Å². The van der Waals surface area contributed by atoms with Crippen LogP contribution in [-0.2, 0) is 4.79 Å². The smallest absolute Gasteiger partial charge is 0.226 e. The second-order valence-electron chi connectivity index (χ2n) is 5.64. The fourth-order valence-corrected chi connectivity index (χ4v) is 1.64. The maximum absolute atomic E-state index is 12.1. The summed E-state index contributed by atoms with van der Waals surface area (Å²) in [6, 6.07) is 9.27. The summed E-state index contributed by atoms with van der Waals surface area (Å²) in [6.45, 7) is 6.34. The Balaban J connectivity index is 2.78. The van der Waals surface area contributed by atoms with Crippen molar-refractivity contribution in [3.63, 3.8) is 0 Å². The summed E-state index contributed by atoms with van der Waals surface area (Å²) >= 11 is 0. The fourth-order valence-electron chi connectivity index (χ4n) is 1.64. The van der Waals surface area contributed by atoms with Crippen LogP contribution in [0.1, 0.15) is 39.2 Å². The molecule has 0 unspecified atom stereocenters. The van der Waals surface area contributed by atoms with Crippen LogP contribution >= 0.6 is 0 Å². The van der Waals surface area contributed by atoms with Gasteiger partial charge in [-0.3, -0.25) is 4.79 Å². The van der Waals surface area contributed by atoms with Crippen molar-refractivity contribution in [3.8, 4) is 6.07 Å². The minimum Gasteiger partial charge on any atom is -0.314 e. The number of carbonyl (C=O) groups excluding carboxylic acids is 1. The molecule has 0 bridgehead atoms. The molecule has 18 heavy (non-hydrogen) atoms. The van der Waals surface area contributed by atoms with Gasteiger partial charge in [0.25, 0.3) is 0 Å². The fraction of sp³-hybridized carbons (Fsp3) is 0.467. The normalized spacial score (nSPS) is 10.8. The number of nitrogens with zero attached hydrogens (tertiary/aromatic N) is 2. The molecular formula is C15H20N2O. The molecule has 1 rings (SSSR count). The zero-order valence-corrected chi connectivity index (χ0v) is 11.5. The van der Waals surface area contributed by atoms with Crippen LogP contribution in [0, 0.1) is 16.7 Å². The molecule has 0 N–H and O–H groups in total. The molecule has 1 aromatic rings. The van der Waals surface area contributed by atoms with Gasteiger partial charge in [-0.15, -0.1) is 0 Å². The maximum atomic E-state index is 12.1. The van der Waals surface area contributed by atoms with E-state index in [1.54, 1.807) is 30.1 Å². The number of rotatable bonds is 3. The third kappa shape index (κ3) is 3.89. The Labute approximate surface area is 109 Å². The number of carbonyl (C=O) groups is 1. The zero-order chi connectivity index (χ0) is 13.8. The van der Waals surface area contributed by atoms with E-state index in [2.05, 4.69) is 26.8 Å². The Hall–Kier alpha value is -1.82. The van der Waals surface area contributed by atoms with Gasteiger partial charge in [-0.2, -0.15) is 5.26 Å². The summed E-state index contributed by atoms with van der Waals surface area (Å²) < 4.78 is 0. The first-order valence-corrected chi connectivity index (χ1v) is 6.11. The van der Waals surface area contributed by atoms with Gasteiger partial charge in [-0.1, -0.05) is 32.9 Å². The molecule has 0 atom stereocenters. The highest BCUT2D eigenvalue weighted by molar-refractivity contribution is 5.94. The predicted molar refractivity (Wildman–Crippen MR) is 73.3 cm³/mol. The van der Waals surface area contributed by atoms with Gasteiger partial charge in [-0.05, 0) is 24.0 Å². The highest BCUT2D eigenvalue weighted by Gasteiger charge is 2.17. The maximum Gasteiger partial charge on any atom is 0.226 e. The van der Waals surface area contributed by atoms with Crippen molar-refractivity contribution in [1.29, 1.82) is 5.26 Å². The summed E-state index contributed by atoms with van der Waals surface area (Å²) in [5, 5.41) is 9.02. The van der Waals surface area contributed by atoms with E-state index in [4.69, 9.17) is 5.26 Å². The van der Waals surface area contributed by atoms with Gasteiger partial charge in [-0.25, -0.2) is 0 Å². The van der Waals surface area contributed by atoms with E-state index in [1.807, 2.05) is 6.07 Å². The number of nitriles is 1. The highest BCUT2D eigenvalue weighted by atomic mass is 16.2. The summed E-state index contributed by atoms with van der Waals surface area (Å²) in [6.07, 6.45) is 1.34. The molecule has 96 valence electrons. The monoisotopic (exact) mass is 244 g/mol. The van der Waals surface area contributed by atoms with Crippen LogP contribution in [0.25, 0.3) is 0 Å². The lowest BCUT2D eigenvalue weighted by molar-refractivity contribution is -0.118. The van der Waals surface area contributed by atoms with E-state index in [9.17, 15) is 4.79 Å². The summed E-state index contributed by atoms with van der Waals surface area (Å²) in [7, 11) is 1.72. The molecule has 0 aliphatic heterocycles. The first-order chi connectivity index (χ1) is 8.35. The summed E-state index contributed by atoms with van der Waals surface area (Å²) in [5.41, 5.74) is 1.36. The topological polar surface area (TPSA) is 44.1 Å². The lowest BCUT2D eigenvalue weighted by atomic mass is 9.90. The van der Waals surface area contributed by atoms with Crippen molar-refractivity contribution in [2.75, 3.05) is 11.9 Å². The van der Waals surface area contributed by atoms with Crippen LogP contribution in [0.2, 0.25) is 0 Å². The van der Waals surface area contributed by atoms with Gasteiger partial charge in [0, 0.05) is 13.5 Å². The number of benzene rings is 1. The van der Waals surface area contributed by atoms with Gasteiger partial charge in [0.1, 0.15) is 6.07 Å². The summed E-state index contributed by atoms with van der Waals surface area (Å²) in [5.74, 6) is 0.0487. The Kier molecular flexibility index (Phi) is 4.49. The van der Waals surface area contributed by atoms with Crippen molar-refractivity contribution in [1.82, 2.24) is 0 Å². The molecule has 0 saturated heterocycles. The van der Waals surface area contributed by atoms with Crippen LogP contribution in [0.4, 0.5) is 5.69 Å². The Bertz CT molecular complexity index is 466. The first-order valence-electron chi connectivity index (χ1n) is 6.11.